The van der Waals surface area contributed by atoms with Gasteiger partial charge in [-0.05, 0) is 35.7 Å². The van der Waals surface area contributed by atoms with E-state index >= 15 is 0 Å². The number of nitrogens with one attached hydrogen (secondary N) is 2. The molecule has 0 fully saturated rings. The Kier molecular flexibility index (Phi) is 6.48. The third kappa shape index (κ3) is 5.27. The lowest BCUT2D eigenvalue weighted by Crippen LogP contribution is -2.32. The van der Waals surface area contributed by atoms with Crippen molar-refractivity contribution in [2.45, 2.75) is 19.8 Å². The molecule has 142 valence electrons. The Morgan fingerprint density at radius 3 is 2.37 bits per heavy atom. The summed E-state index contributed by atoms with van der Waals surface area (Å²) >= 11 is 0. The number of hydrogen-bond donors (Lipinski definition) is 2. The van der Waals surface area contributed by atoms with E-state index in [1.807, 2.05) is 12.1 Å². The second-order valence-electron chi connectivity index (χ2n) is 6.15. The van der Waals surface area contributed by atoms with Crippen molar-refractivity contribution in [2.24, 2.45) is 0 Å². The van der Waals surface area contributed by atoms with Crippen LogP contribution in [0.3, 0.4) is 0 Å². The van der Waals surface area contributed by atoms with Crippen LogP contribution in [-0.4, -0.2) is 30.4 Å². The van der Waals surface area contributed by atoms with Crippen molar-refractivity contribution < 1.29 is 19.2 Å². The van der Waals surface area contributed by atoms with E-state index in [2.05, 4.69) is 24.5 Å². The lowest BCUT2D eigenvalue weighted by Gasteiger charge is -2.09. The number of carbonyl (C=O) groups is 2. The molecule has 0 aliphatic carbocycles. The van der Waals surface area contributed by atoms with Crippen molar-refractivity contribution in [1.82, 2.24) is 5.32 Å². The maximum atomic E-state index is 12.1. The van der Waals surface area contributed by atoms with E-state index in [0.29, 0.717) is 11.6 Å². The summed E-state index contributed by atoms with van der Waals surface area (Å²) in [5, 5.41) is 16.1. The first-order chi connectivity index (χ1) is 12.8. The van der Waals surface area contributed by atoms with E-state index < -0.39 is 16.7 Å². The second-order valence-corrected chi connectivity index (χ2v) is 6.15. The summed E-state index contributed by atoms with van der Waals surface area (Å²) in [5.74, 6) is -0.545. The zero-order chi connectivity index (χ0) is 20.0. The van der Waals surface area contributed by atoms with Crippen LogP contribution in [0.5, 0.6) is 5.75 Å². The van der Waals surface area contributed by atoms with Gasteiger partial charge in [0.1, 0.15) is 0 Å². The number of hydrogen-bond acceptors (Lipinski definition) is 5. The summed E-state index contributed by atoms with van der Waals surface area (Å²) in [6.45, 7) is 3.89. The Morgan fingerprint density at radius 1 is 1.15 bits per heavy atom. The first kappa shape index (κ1) is 19.9. The van der Waals surface area contributed by atoms with E-state index in [4.69, 9.17) is 4.74 Å². The van der Waals surface area contributed by atoms with Crippen molar-refractivity contribution in [2.75, 3.05) is 19.0 Å². The molecule has 2 N–H and O–H groups in total. The Morgan fingerprint density at radius 2 is 1.81 bits per heavy atom. The number of methoxy groups -OCH3 is 1. The molecule has 0 unspecified atom stereocenters. The molecule has 0 radical (unpaired) electrons. The Hall–Kier alpha value is -3.42. The summed E-state index contributed by atoms with van der Waals surface area (Å²) in [6, 6.07) is 11.3. The summed E-state index contributed by atoms with van der Waals surface area (Å²) in [5.41, 5.74) is 1.53. The maximum absolute atomic E-state index is 12.1. The van der Waals surface area contributed by atoms with Gasteiger partial charge < -0.3 is 15.4 Å². The molecule has 0 aliphatic heterocycles. The van der Waals surface area contributed by atoms with Gasteiger partial charge in [-0.3, -0.25) is 19.7 Å². The highest BCUT2D eigenvalue weighted by molar-refractivity contribution is 5.99. The van der Waals surface area contributed by atoms with Gasteiger partial charge in [0.15, 0.2) is 5.75 Å². The van der Waals surface area contributed by atoms with Gasteiger partial charge in [0.2, 0.25) is 5.91 Å². The third-order valence-corrected chi connectivity index (χ3v) is 3.91. The predicted molar refractivity (Wildman–Crippen MR) is 101 cm³/mol. The molecule has 2 aromatic carbocycles. The van der Waals surface area contributed by atoms with Crippen LogP contribution in [-0.2, 0) is 4.79 Å². The highest BCUT2D eigenvalue weighted by atomic mass is 16.6. The highest BCUT2D eigenvalue weighted by Crippen LogP contribution is 2.27. The third-order valence-electron chi connectivity index (χ3n) is 3.91. The Bertz CT molecular complexity index is 847. The molecule has 0 bridgehead atoms. The average molecular weight is 371 g/mol. The summed E-state index contributed by atoms with van der Waals surface area (Å²) < 4.78 is 4.89. The van der Waals surface area contributed by atoms with Crippen LogP contribution in [0.4, 0.5) is 11.4 Å². The number of anilines is 1. The maximum Gasteiger partial charge on any atom is 0.311 e. The molecule has 8 nitrogen and oxygen atoms in total. The highest BCUT2D eigenvalue weighted by Gasteiger charge is 2.18. The van der Waals surface area contributed by atoms with Gasteiger partial charge >= 0.3 is 5.69 Å². The number of amides is 2. The summed E-state index contributed by atoms with van der Waals surface area (Å²) in [7, 11) is 1.31. The molecule has 0 aliphatic rings. The first-order valence-electron chi connectivity index (χ1n) is 8.32. The molecule has 0 saturated heterocycles. The van der Waals surface area contributed by atoms with Gasteiger partial charge in [-0.2, -0.15) is 0 Å². The fourth-order valence-corrected chi connectivity index (χ4v) is 2.39. The zero-order valence-electron chi connectivity index (χ0n) is 15.3. The van der Waals surface area contributed by atoms with Crippen LogP contribution in [0.2, 0.25) is 0 Å². The fourth-order valence-electron chi connectivity index (χ4n) is 2.39. The Balaban J connectivity index is 1.95. The summed E-state index contributed by atoms with van der Waals surface area (Å²) in [6.07, 6.45) is 0. The zero-order valence-corrected chi connectivity index (χ0v) is 15.3. The molecule has 2 rings (SSSR count). The lowest BCUT2D eigenvalue weighted by molar-refractivity contribution is -0.385. The SMILES string of the molecule is COc1ccc(C(=O)NCC(=O)Nc2ccc(C(C)C)cc2)cc1[N+](=O)[O-]. The van der Waals surface area contributed by atoms with E-state index in [1.165, 1.54) is 19.2 Å². The normalized spacial score (nSPS) is 10.4. The summed E-state index contributed by atoms with van der Waals surface area (Å²) in [4.78, 5) is 34.5. The minimum absolute atomic E-state index is 0.0548. The molecule has 0 aromatic heterocycles. The molecule has 0 spiro atoms. The van der Waals surface area contributed by atoms with Gasteiger partial charge in [-0.15, -0.1) is 0 Å². The van der Waals surface area contributed by atoms with Gasteiger partial charge in [0.25, 0.3) is 5.91 Å². The second kappa shape index (κ2) is 8.79. The number of nitrogens with zero attached hydrogens (tertiary/aromatic N) is 1. The van der Waals surface area contributed by atoms with Gasteiger partial charge in [0.05, 0.1) is 18.6 Å². The lowest BCUT2D eigenvalue weighted by atomic mass is 10.0. The first-order valence-corrected chi connectivity index (χ1v) is 8.32. The minimum Gasteiger partial charge on any atom is -0.490 e. The van der Waals surface area contributed by atoms with Crippen LogP contribution in [0.1, 0.15) is 35.7 Å². The van der Waals surface area contributed by atoms with Crippen LogP contribution in [0.15, 0.2) is 42.5 Å². The molecule has 0 heterocycles. The quantitative estimate of drug-likeness (QED) is 0.574. The fraction of sp³-hybridized carbons (Fsp3) is 0.263. The van der Waals surface area contributed by atoms with E-state index in [0.717, 1.165) is 11.6 Å². The predicted octanol–water partition coefficient (Wildman–Crippen LogP) is 3.10. The number of nitro benzene ring substituents is 1. The van der Waals surface area contributed by atoms with E-state index in [9.17, 15) is 19.7 Å². The average Bonchev–Trinajstić information content (AvgIpc) is 2.65. The number of carbonyl (C=O) groups excluding carboxylic acids is 2. The topological polar surface area (TPSA) is 111 Å². The molecular weight excluding hydrogens is 350 g/mol. The standard InChI is InChI=1S/C19H21N3O5/c1-12(2)13-4-7-15(8-5-13)21-18(23)11-20-19(24)14-6-9-17(27-3)16(10-14)22(25)26/h4-10,12H,11H2,1-3H3,(H,20,24)(H,21,23). The number of rotatable bonds is 7. The molecule has 0 saturated carbocycles. The molecule has 0 atom stereocenters. The smallest absolute Gasteiger partial charge is 0.311 e. The van der Waals surface area contributed by atoms with Gasteiger partial charge in [0, 0.05) is 17.3 Å². The van der Waals surface area contributed by atoms with Crippen molar-refractivity contribution in [3.8, 4) is 5.75 Å². The molecule has 27 heavy (non-hydrogen) atoms. The number of ether oxygens (including phenoxy) is 1. The van der Waals surface area contributed by atoms with Crippen molar-refractivity contribution >= 4 is 23.2 Å². The molecule has 2 aromatic rings. The van der Waals surface area contributed by atoms with E-state index in [-0.39, 0.29) is 23.5 Å². The van der Waals surface area contributed by atoms with E-state index in [1.54, 1.807) is 12.1 Å². The van der Waals surface area contributed by atoms with Crippen molar-refractivity contribution in [1.29, 1.82) is 0 Å². The van der Waals surface area contributed by atoms with Gasteiger partial charge in [-0.25, -0.2) is 0 Å². The van der Waals surface area contributed by atoms with Crippen molar-refractivity contribution in [3.63, 3.8) is 0 Å². The minimum atomic E-state index is -0.636. The van der Waals surface area contributed by atoms with Crippen LogP contribution < -0.4 is 15.4 Å². The van der Waals surface area contributed by atoms with Crippen molar-refractivity contribution in [3.05, 3.63) is 63.7 Å². The van der Waals surface area contributed by atoms with Crippen LogP contribution >= 0.6 is 0 Å². The number of benzene rings is 2. The largest absolute Gasteiger partial charge is 0.490 e. The van der Waals surface area contributed by atoms with Crippen LogP contribution in [0, 0.1) is 10.1 Å². The Labute approximate surface area is 156 Å². The number of nitro groups is 1. The van der Waals surface area contributed by atoms with Gasteiger partial charge in [-0.1, -0.05) is 26.0 Å². The molecule has 2 amide bonds. The van der Waals surface area contributed by atoms with Crippen LogP contribution in [0.25, 0.3) is 0 Å². The molecule has 8 heteroatoms. The molecular formula is C19H21N3O5. The monoisotopic (exact) mass is 371 g/mol.